The summed E-state index contributed by atoms with van der Waals surface area (Å²) in [6.07, 6.45) is 16.2. The Kier molecular flexibility index (Phi) is 16.5. The zero-order valence-corrected chi connectivity index (χ0v) is 23.9. The van der Waals surface area contributed by atoms with Crippen molar-refractivity contribution in [1.82, 2.24) is 0 Å². The van der Waals surface area contributed by atoms with Crippen molar-refractivity contribution < 1.29 is 17.6 Å². The number of hydrogen-bond acceptors (Lipinski definition) is 2. The van der Waals surface area contributed by atoms with Gasteiger partial charge in [0.2, 0.25) is 0 Å². The van der Waals surface area contributed by atoms with Gasteiger partial charge in [0.25, 0.3) is 0 Å². The molecule has 0 unspecified atom stereocenters. The van der Waals surface area contributed by atoms with Crippen LogP contribution in [0.2, 0.25) is 0 Å². The Hall–Kier alpha value is -2.86. The summed E-state index contributed by atoms with van der Waals surface area (Å²) < 4.78 is 54.6. The first-order valence-electron chi connectivity index (χ1n) is 15.1. The van der Waals surface area contributed by atoms with Crippen LogP contribution in [0.5, 0.6) is 0 Å². The molecule has 2 nitrogen and oxygen atoms in total. The van der Waals surface area contributed by atoms with Crippen molar-refractivity contribution in [2.75, 3.05) is 0 Å². The van der Waals surface area contributed by atoms with Crippen LogP contribution >= 0.6 is 0 Å². The van der Waals surface area contributed by atoms with E-state index in [-0.39, 0.29) is 26.7 Å². The number of rotatable bonds is 8. The molecular weight excluding hydrogens is 536 g/mol. The van der Waals surface area contributed by atoms with Gasteiger partial charge in [-0.1, -0.05) is 67.2 Å². The van der Waals surface area contributed by atoms with Gasteiger partial charge in [0.1, 0.15) is 46.5 Å². The van der Waals surface area contributed by atoms with E-state index in [1.54, 1.807) is 12.1 Å². The van der Waals surface area contributed by atoms with E-state index in [4.69, 9.17) is 10.5 Å². The van der Waals surface area contributed by atoms with E-state index in [0.29, 0.717) is 5.56 Å². The maximum atomic E-state index is 13.7. The zero-order valence-electron chi connectivity index (χ0n) is 23.9. The number of nitriles is 2. The fourth-order valence-corrected chi connectivity index (χ4v) is 6.53. The van der Waals surface area contributed by atoms with Crippen LogP contribution in [0.3, 0.4) is 0 Å². The van der Waals surface area contributed by atoms with Crippen LogP contribution in [0, 0.1) is 57.8 Å². The molecule has 2 saturated carbocycles. The lowest BCUT2D eigenvalue weighted by Crippen LogP contribution is -2.14. The van der Waals surface area contributed by atoms with Crippen molar-refractivity contribution in [1.29, 1.82) is 10.5 Å². The first-order chi connectivity index (χ1) is 19.3. The molecule has 0 radical (unpaired) electrons. The van der Waals surface area contributed by atoms with Crippen molar-refractivity contribution in [3.8, 4) is 12.1 Å². The number of unbranched alkanes of at least 4 members (excludes halogenated alkanes) is 2. The second-order valence-electron chi connectivity index (χ2n) is 11.7. The largest absolute Gasteiger partial charge is 0.205 e. The molecule has 0 aromatic heterocycles. The van der Waals surface area contributed by atoms with Gasteiger partial charge in [-0.25, -0.2) is 17.6 Å². The molecule has 0 spiro atoms. The van der Waals surface area contributed by atoms with Gasteiger partial charge in [-0.15, -0.1) is 0 Å². The molecule has 2 aliphatic rings. The van der Waals surface area contributed by atoms with Crippen molar-refractivity contribution in [3.05, 3.63) is 69.8 Å². The summed E-state index contributed by atoms with van der Waals surface area (Å²) in [5, 5.41) is 17.4. The van der Waals surface area contributed by atoms with Gasteiger partial charge in [-0.2, -0.15) is 10.5 Å². The molecule has 2 aliphatic carbocycles. The summed E-state index contributed by atoms with van der Waals surface area (Å²) in [6.45, 7) is 4.41. The minimum Gasteiger partial charge on any atom is -0.205 e. The van der Waals surface area contributed by atoms with Gasteiger partial charge in [0.15, 0.2) is 0 Å². The van der Waals surface area contributed by atoms with E-state index in [2.05, 4.69) is 13.8 Å². The van der Waals surface area contributed by atoms with E-state index in [9.17, 15) is 17.6 Å². The maximum Gasteiger partial charge on any atom is 0.144 e. The average molecular weight is 587 g/mol. The highest BCUT2D eigenvalue weighted by molar-refractivity contribution is 5.37. The summed E-state index contributed by atoms with van der Waals surface area (Å²) in [5.41, 5.74) is 0.496. The Morgan fingerprint density at radius 3 is 1.24 bits per heavy atom. The zero-order chi connectivity index (χ0) is 29.1. The Balaban J connectivity index is 0.000000403. The molecule has 0 atom stereocenters. The van der Waals surface area contributed by atoms with Crippen LogP contribution in [0.4, 0.5) is 17.6 Å². The summed E-state index contributed by atoms with van der Waals surface area (Å²) in [5.74, 6) is -0.874. The lowest BCUT2D eigenvalue weighted by molar-refractivity contribution is 0.302. The van der Waals surface area contributed by atoms with Gasteiger partial charge >= 0.3 is 0 Å². The minimum absolute atomic E-state index is 0. The monoisotopic (exact) mass is 586 g/mol. The topological polar surface area (TPSA) is 47.6 Å². The van der Waals surface area contributed by atoms with Crippen LogP contribution in [0.25, 0.3) is 0 Å². The predicted molar refractivity (Wildman–Crippen MR) is 164 cm³/mol. The van der Waals surface area contributed by atoms with Crippen LogP contribution in [-0.4, -0.2) is 0 Å². The van der Waals surface area contributed by atoms with E-state index in [1.165, 1.54) is 62.8 Å². The van der Waals surface area contributed by atoms with Crippen LogP contribution in [-0.2, 0) is 0 Å². The molecule has 0 aliphatic heterocycles. The molecule has 4 rings (SSSR count). The molecule has 6 heteroatoms. The Bertz CT molecular complexity index is 1130. The van der Waals surface area contributed by atoms with Crippen molar-refractivity contribution >= 4 is 0 Å². The smallest absolute Gasteiger partial charge is 0.144 e. The SMILES string of the molecule is C.C.CCCC1CCC(c2cc(F)c(C#N)c(F)c2)CC1.CCCCCC1CCC(c2cc(F)c(C#N)c(F)c2)CC1. The predicted octanol–water partition coefficient (Wildman–Crippen LogP) is 11.9. The standard InChI is InChI=1S/C18H23F2N.C16H19F2N.2CH4/c1-2-3-4-5-13-6-8-14(9-7-13)15-10-17(19)16(12-21)18(20)11-15;1-2-3-11-4-6-12(7-5-11)13-8-15(17)14(10-19)16(18)9-13;;/h10-11,13-14H,2-9H2,1H3;8-9,11-12H,2-7H2,1H3;2*1H4. The maximum absolute atomic E-state index is 13.7. The second kappa shape index (κ2) is 18.6. The Morgan fingerprint density at radius 2 is 0.929 bits per heavy atom. The van der Waals surface area contributed by atoms with Gasteiger partial charge in [-0.3, -0.25) is 0 Å². The molecule has 2 fully saturated rings. The summed E-state index contributed by atoms with van der Waals surface area (Å²) in [7, 11) is 0. The van der Waals surface area contributed by atoms with Crippen molar-refractivity contribution in [3.63, 3.8) is 0 Å². The van der Waals surface area contributed by atoms with Crippen molar-refractivity contribution in [2.24, 2.45) is 11.8 Å². The third-order valence-corrected chi connectivity index (χ3v) is 8.90. The molecule has 0 bridgehead atoms. The minimum atomic E-state index is -0.729. The van der Waals surface area contributed by atoms with Gasteiger partial charge in [-0.05, 0) is 110 Å². The lowest BCUT2D eigenvalue weighted by atomic mass is 9.77. The van der Waals surface area contributed by atoms with E-state index < -0.39 is 34.4 Å². The number of hydrogen-bond donors (Lipinski definition) is 0. The van der Waals surface area contributed by atoms with Crippen LogP contribution in [0.15, 0.2) is 24.3 Å². The van der Waals surface area contributed by atoms with E-state index >= 15 is 0 Å². The average Bonchev–Trinajstić information content (AvgIpc) is 2.94. The van der Waals surface area contributed by atoms with E-state index in [0.717, 1.165) is 68.8 Å². The fraction of sp³-hybridized carbons (Fsp3) is 0.611. The first kappa shape index (κ1) is 37.2. The summed E-state index contributed by atoms with van der Waals surface area (Å²) in [6, 6.07) is 8.53. The normalized spacial score (nSPS) is 21.4. The molecule has 0 heterocycles. The molecule has 232 valence electrons. The molecule has 0 saturated heterocycles. The third kappa shape index (κ3) is 10.1. The van der Waals surface area contributed by atoms with Gasteiger partial charge in [0, 0.05) is 0 Å². The highest BCUT2D eigenvalue weighted by Crippen LogP contribution is 2.39. The highest BCUT2D eigenvalue weighted by Gasteiger charge is 2.25. The number of nitrogens with zero attached hydrogens (tertiary/aromatic N) is 2. The number of halogens is 4. The molecular formula is C36H50F4N2. The molecule has 2 aromatic rings. The Labute approximate surface area is 252 Å². The summed E-state index contributed by atoms with van der Waals surface area (Å²) in [4.78, 5) is 0. The highest BCUT2D eigenvalue weighted by atomic mass is 19.1. The number of benzene rings is 2. The second-order valence-corrected chi connectivity index (χ2v) is 11.7. The first-order valence-corrected chi connectivity index (χ1v) is 15.1. The van der Waals surface area contributed by atoms with Crippen molar-refractivity contribution in [2.45, 2.75) is 130 Å². The Morgan fingerprint density at radius 1 is 0.571 bits per heavy atom. The molecule has 0 N–H and O–H groups in total. The van der Waals surface area contributed by atoms with Gasteiger partial charge < -0.3 is 0 Å². The van der Waals surface area contributed by atoms with E-state index in [1.807, 2.05) is 0 Å². The lowest BCUT2D eigenvalue weighted by Gasteiger charge is -2.29. The molecule has 0 amide bonds. The van der Waals surface area contributed by atoms with Gasteiger partial charge in [0.05, 0.1) is 0 Å². The summed E-state index contributed by atoms with van der Waals surface area (Å²) >= 11 is 0. The molecule has 42 heavy (non-hydrogen) atoms. The molecule has 2 aromatic carbocycles. The third-order valence-electron chi connectivity index (χ3n) is 8.90. The van der Waals surface area contributed by atoms with Crippen LogP contribution in [0.1, 0.15) is 153 Å². The van der Waals surface area contributed by atoms with Crippen LogP contribution < -0.4 is 0 Å². The quantitative estimate of drug-likeness (QED) is 0.228. The fourth-order valence-electron chi connectivity index (χ4n) is 6.53.